The van der Waals surface area contributed by atoms with Crippen LogP contribution in [0.4, 0.5) is 0 Å². The Morgan fingerprint density at radius 2 is 1.06 bits per heavy atom. The van der Waals surface area contributed by atoms with Crippen LogP contribution in [0.3, 0.4) is 0 Å². The van der Waals surface area contributed by atoms with Crippen molar-refractivity contribution in [2.75, 3.05) is 39.6 Å². The second-order valence-corrected chi connectivity index (χ2v) is 9.56. The van der Waals surface area contributed by atoms with E-state index in [9.17, 15) is 18.0 Å². The molecule has 13 heteroatoms. The molecular formula is C22H44Na2O10S. The van der Waals surface area contributed by atoms with Gasteiger partial charge < -0.3 is 24.4 Å². The number of carboxylic acid groups (broad SMARTS) is 2. The summed E-state index contributed by atoms with van der Waals surface area (Å²) >= 11 is 0. The molecule has 35 heavy (non-hydrogen) atoms. The van der Waals surface area contributed by atoms with Crippen LogP contribution in [0.1, 0.15) is 77.6 Å². The first kappa shape index (κ1) is 40.2. The van der Waals surface area contributed by atoms with Crippen LogP contribution < -0.4 is 0 Å². The van der Waals surface area contributed by atoms with Gasteiger partial charge in [-0.25, -0.2) is 0 Å². The third-order valence-electron chi connectivity index (χ3n) is 5.21. The molecule has 0 fully saturated rings. The molecule has 0 aliphatic carbocycles. The minimum absolute atomic E-state index is 0. The van der Waals surface area contributed by atoms with Gasteiger partial charge in [0.15, 0.2) is 5.25 Å². The van der Waals surface area contributed by atoms with Gasteiger partial charge in [-0.05, 0) is 12.8 Å². The normalized spacial score (nSPS) is 12.9. The summed E-state index contributed by atoms with van der Waals surface area (Å²) in [5.41, 5.74) is 0. The molecule has 0 rings (SSSR count). The van der Waals surface area contributed by atoms with Crippen molar-refractivity contribution < 1.29 is 47.0 Å². The first-order valence-electron chi connectivity index (χ1n) is 11.9. The second-order valence-electron chi connectivity index (χ2n) is 8.03. The number of carbonyl (C=O) groups is 2. The summed E-state index contributed by atoms with van der Waals surface area (Å²) in [5, 5.41) is 15.5. The molecule has 0 aliphatic rings. The van der Waals surface area contributed by atoms with E-state index in [1.54, 1.807) is 0 Å². The van der Waals surface area contributed by atoms with Crippen LogP contribution in [0.15, 0.2) is 0 Å². The summed E-state index contributed by atoms with van der Waals surface area (Å²) in [7, 11) is -5.06. The first-order valence-corrected chi connectivity index (χ1v) is 13.4. The van der Waals surface area contributed by atoms with Crippen molar-refractivity contribution >= 4 is 81.2 Å². The van der Waals surface area contributed by atoms with Gasteiger partial charge in [0.25, 0.3) is 10.1 Å². The van der Waals surface area contributed by atoms with Gasteiger partial charge in [-0.2, -0.15) is 8.42 Å². The second kappa shape index (κ2) is 26.3. The molecule has 0 aliphatic heterocycles. The van der Waals surface area contributed by atoms with Crippen molar-refractivity contribution in [2.24, 2.45) is 5.92 Å². The van der Waals surface area contributed by atoms with Gasteiger partial charge >= 0.3 is 71.1 Å². The SMILES string of the molecule is CCCCCCCCCCCCOCCOCCOCCC(C(=O)O)C(C(=O)O)S(=O)(=O)O.[NaH].[NaH]. The zero-order valence-corrected chi connectivity index (χ0v) is 20.6. The Bertz CT molecular complexity index is 619. The third kappa shape index (κ3) is 23.6. The number of aliphatic carboxylic acids is 2. The topological polar surface area (TPSA) is 157 Å². The van der Waals surface area contributed by atoms with Gasteiger partial charge in [-0.3, -0.25) is 14.1 Å². The van der Waals surface area contributed by atoms with Crippen molar-refractivity contribution in [3.8, 4) is 0 Å². The van der Waals surface area contributed by atoms with Crippen molar-refractivity contribution in [1.29, 1.82) is 0 Å². The molecule has 0 bridgehead atoms. The molecule has 0 aromatic rings. The van der Waals surface area contributed by atoms with E-state index in [1.807, 2.05) is 0 Å². The molecule has 0 aromatic carbocycles. The Morgan fingerprint density at radius 1 is 0.657 bits per heavy atom. The van der Waals surface area contributed by atoms with E-state index >= 15 is 0 Å². The number of hydrogen-bond donors (Lipinski definition) is 3. The van der Waals surface area contributed by atoms with Crippen molar-refractivity contribution in [2.45, 2.75) is 82.8 Å². The average molecular weight is 547 g/mol. The standard InChI is InChI=1S/C22H42O10S.2Na.2H/c1-2-3-4-5-6-7-8-9-10-11-13-30-15-17-32-18-16-31-14-12-19(21(23)24)20(22(25)26)33(27,28)29;;;;/h19-20H,2-18H2,1H3,(H,23,24)(H,25,26)(H,27,28,29);;;;. The van der Waals surface area contributed by atoms with Crippen molar-refractivity contribution in [1.82, 2.24) is 0 Å². The van der Waals surface area contributed by atoms with E-state index in [0.717, 1.165) is 6.42 Å². The van der Waals surface area contributed by atoms with Crippen LogP contribution in [0.5, 0.6) is 0 Å². The molecule has 0 saturated carbocycles. The van der Waals surface area contributed by atoms with E-state index in [1.165, 1.54) is 57.8 Å². The van der Waals surface area contributed by atoms with Crippen LogP contribution >= 0.6 is 0 Å². The van der Waals surface area contributed by atoms with E-state index < -0.39 is 33.2 Å². The quantitative estimate of drug-likeness (QED) is 0.0930. The molecule has 0 radical (unpaired) electrons. The first-order chi connectivity index (χ1) is 15.7. The molecule has 200 valence electrons. The van der Waals surface area contributed by atoms with Crippen molar-refractivity contribution in [3.05, 3.63) is 0 Å². The molecule has 2 unspecified atom stereocenters. The number of rotatable bonds is 24. The molecule has 10 nitrogen and oxygen atoms in total. The number of carboxylic acids is 2. The summed E-state index contributed by atoms with van der Waals surface area (Å²) in [5.74, 6) is -5.39. The van der Waals surface area contributed by atoms with Crippen LogP contribution in [0.25, 0.3) is 0 Å². The zero-order valence-electron chi connectivity index (χ0n) is 19.8. The Hall–Kier alpha value is 0.730. The molecule has 3 N–H and O–H groups in total. The molecule has 0 heterocycles. The Labute approximate surface area is 254 Å². The molecule has 0 aromatic heterocycles. The predicted octanol–water partition coefficient (Wildman–Crippen LogP) is 2.09. The van der Waals surface area contributed by atoms with Crippen LogP contribution in [-0.2, 0) is 33.9 Å². The molecule has 2 atom stereocenters. The number of ether oxygens (including phenoxy) is 3. The van der Waals surface area contributed by atoms with Crippen molar-refractivity contribution in [3.63, 3.8) is 0 Å². The fraction of sp³-hybridized carbons (Fsp3) is 0.909. The number of unbranched alkanes of at least 4 members (excludes halogenated alkanes) is 9. The maximum absolute atomic E-state index is 11.2. The average Bonchev–Trinajstić information content (AvgIpc) is 2.73. The van der Waals surface area contributed by atoms with Crippen LogP contribution in [-0.4, -0.2) is 139 Å². The van der Waals surface area contributed by atoms with Gasteiger partial charge in [-0.15, -0.1) is 0 Å². The van der Waals surface area contributed by atoms with Gasteiger partial charge in [0.05, 0.1) is 32.3 Å². The zero-order chi connectivity index (χ0) is 25.0. The Kier molecular flexibility index (Phi) is 30.3. The summed E-state index contributed by atoms with van der Waals surface area (Å²) in [6, 6.07) is 0. The molecule has 0 saturated heterocycles. The number of hydrogen-bond acceptors (Lipinski definition) is 7. The van der Waals surface area contributed by atoms with Crippen LogP contribution in [0, 0.1) is 5.92 Å². The summed E-state index contributed by atoms with van der Waals surface area (Å²) in [6.07, 6.45) is 12.3. The Balaban J connectivity index is -0.00000512. The van der Waals surface area contributed by atoms with E-state index in [4.69, 9.17) is 29.0 Å². The summed E-state index contributed by atoms with van der Waals surface area (Å²) < 4.78 is 47.3. The van der Waals surface area contributed by atoms with Crippen LogP contribution in [0.2, 0.25) is 0 Å². The Morgan fingerprint density at radius 3 is 1.46 bits per heavy atom. The van der Waals surface area contributed by atoms with Gasteiger partial charge in [-0.1, -0.05) is 64.7 Å². The molecule has 0 spiro atoms. The fourth-order valence-electron chi connectivity index (χ4n) is 3.36. The molecule has 0 amide bonds. The monoisotopic (exact) mass is 546 g/mol. The third-order valence-corrected chi connectivity index (χ3v) is 6.38. The van der Waals surface area contributed by atoms with E-state index in [-0.39, 0.29) is 85.4 Å². The van der Waals surface area contributed by atoms with E-state index in [0.29, 0.717) is 19.8 Å². The van der Waals surface area contributed by atoms with Gasteiger partial charge in [0.2, 0.25) is 0 Å². The van der Waals surface area contributed by atoms with E-state index in [2.05, 4.69) is 6.92 Å². The summed E-state index contributed by atoms with van der Waals surface area (Å²) in [6.45, 7) is 3.97. The molecular weight excluding hydrogens is 502 g/mol. The predicted molar refractivity (Wildman–Crippen MR) is 137 cm³/mol. The van der Waals surface area contributed by atoms with Gasteiger partial charge in [0, 0.05) is 13.2 Å². The maximum atomic E-state index is 11.2. The van der Waals surface area contributed by atoms with Gasteiger partial charge in [0.1, 0.15) is 0 Å². The summed E-state index contributed by atoms with van der Waals surface area (Å²) in [4.78, 5) is 22.2. The fourth-order valence-corrected chi connectivity index (χ4v) is 4.28. The minimum atomic E-state index is -5.06.